The summed E-state index contributed by atoms with van der Waals surface area (Å²) in [5, 5.41) is 10.4. The number of carbonyl (C=O) groups excluding carboxylic acids is 1. The number of amides is 1. The molecule has 1 aliphatic rings. The molecule has 154 valence electrons. The van der Waals surface area contributed by atoms with Gasteiger partial charge in [0, 0.05) is 20.1 Å². The van der Waals surface area contributed by atoms with Crippen LogP contribution < -0.4 is 5.73 Å². The maximum absolute atomic E-state index is 12.6. The molecular formula is C21H36ClN3O2. The van der Waals surface area contributed by atoms with Crippen LogP contribution in [0.4, 0.5) is 0 Å². The lowest BCUT2D eigenvalue weighted by Crippen LogP contribution is -2.53. The maximum atomic E-state index is 12.6. The number of hydrogen-bond donors (Lipinski definition) is 2. The van der Waals surface area contributed by atoms with Crippen molar-refractivity contribution in [2.24, 2.45) is 11.7 Å². The molecule has 2 rings (SSSR count). The smallest absolute Gasteiger partial charge is 0.242 e. The number of piperidine rings is 1. The minimum absolute atomic E-state index is 0. The zero-order valence-corrected chi connectivity index (χ0v) is 17.8. The lowest BCUT2D eigenvalue weighted by Gasteiger charge is -2.36. The van der Waals surface area contributed by atoms with Gasteiger partial charge < -0.3 is 20.6 Å². The summed E-state index contributed by atoms with van der Waals surface area (Å²) in [7, 11) is 1.87. The molecule has 0 spiro atoms. The van der Waals surface area contributed by atoms with Crippen LogP contribution in [-0.2, 0) is 4.79 Å². The SMILES string of the molecule is CCCC(C)(N)C(=O)N(C)CC1CCN(CC(O)c2ccccc2)CC1.Cl. The Kier molecular flexibility index (Phi) is 9.74. The van der Waals surface area contributed by atoms with Gasteiger partial charge in [-0.3, -0.25) is 4.79 Å². The second kappa shape index (κ2) is 11.0. The summed E-state index contributed by atoms with van der Waals surface area (Å²) in [5.74, 6) is 0.549. The zero-order chi connectivity index (χ0) is 19.2. The number of rotatable bonds is 8. The molecule has 1 heterocycles. The van der Waals surface area contributed by atoms with Crippen molar-refractivity contribution in [1.82, 2.24) is 9.80 Å². The predicted molar refractivity (Wildman–Crippen MR) is 113 cm³/mol. The molecule has 0 aliphatic carbocycles. The minimum Gasteiger partial charge on any atom is -0.387 e. The van der Waals surface area contributed by atoms with Gasteiger partial charge in [-0.1, -0.05) is 43.7 Å². The predicted octanol–water partition coefficient (Wildman–Crippen LogP) is 2.83. The van der Waals surface area contributed by atoms with Gasteiger partial charge in [-0.25, -0.2) is 0 Å². The third-order valence-corrected chi connectivity index (χ3v) is 5.46. The number of benzene rings is 1. The number of likely N-dealkylation sites (tertiary alicyclic amines) is 1. The molecule has 0 radical (unpaired) electrons. The fourth-order valence-electron chi connectivity index (χ4n) is 3.91. The molecule has 6 heteroatoms. The quantitative estimate of drug-likeness (QED) is 0.707. The Morgan fingerprint density at radius 3 is 2.48 bits per heavy atom. The second-order valence-corrected chi connectivity index (χ2v) is 8.02. The van der Waals surface area contributed by atoms with Crippen molar-refractivity contribution < 1.29 is 9.90 Å². The number of nitrogens with two attached hydrogens (primary N) is 1. The van der Waals surface area contributed by atoms with Crippen molar-refractivity contribution in [1.29, 1.82) is 0 Å². The number of β-amino-alcohol motifs (C(OH)–C–C–N with tert-alkyl or cyclic N) is 1. The van der Waals surface area contributed by atoms with Gasteiger partial charge in [-0.05, 0) is 50.8 Å². The van der Waals surface area contributed by atoms with Crippen molar-refractivity contribution in [3.8, 4) is 0 Å². The number of halogens is 1. The van der Waals surface area contributed by atoms with E-state index in [1.54, 1.807) is 0 Å². The molecule has 1 amide bonds. The van der Waals surface area contributed by atoms with Gasteiger partial charge in [0.15, 0.2) is 0 Å². The van der Waals surface area contributed by atoms with E-state index in [-0.39, 0.29) is 18.3 Å². The summed E-state index contributed by atoms with van der Waals surface area (Å²) in [6.07, 6.45) is 3.28. The van der Waals surface area contributed by atoms with E-state index in [1.807, 2.05) is 49.2 Å². The highest BCUT2D eigenvalue weighted by molar-refractivity contribution is 5.85. The van der Waals surface area contributed by atoms with Gasteiger partial charge in [-0.2, -0.15) is 0 Å². The molecule has 0 aromatic heterocycles. The van der Waals surface area contributed by atoms with E-state index in [1.165, 1.54) is 0 Å². The Hall–Kier alpha value is -1.14. The molecule has 27 heavy (non-hydrogen) atoms. The van der Waals surface area contributed by atoms with E-state index in [0.717, 1.165) is 44.5 Å². The molecule has 1 fully saturated rings. The van der Waals surface area contributed by atoms with E-state index >= 15 is 0 Å². The fourth-order valence-corrected chi connectivity index (χ4v) is 3.91. The molecule has 1 aliphatic heterocycles. The molecule has 1 saturated heterocycles. The highest BCUT2D eigenvalue weighted by Gasteiger charge is 2.31. The van der Waals surface area contributed by atoms with E-state index in [9.17, 15) is 9.90 Å². The van der Waals surface area contributed by atoms with Crippen LogP contribution in [0.15, 0.2) is 30.3 Å². The monoisotopic (exact) mass is 397 g/mol. The third kappa shape index (κ3) is 7.07. The normalized spacial score (nSPS) is 19.0. The third-order valence-electron chi connectivity index (χ3n) is 5.46. The van der Waals surface area contributed by atoms with Crippen molar-refractivity contribution >= 4 is 18.3 Å². The Balaban J connectivity index is 0.00000364. The van der Waals surface area contributed by atoms with Crippen LogP contribution in [0.25, 0.3) is 0 Å². The van der Waals surface area contributed by atoms with Crippen LogP contribution in [0, 0.1) is 5.92 Å². The number of aliphatic hydroxyl groups is 1. The Morgan fingerprint density at radius 1 is 1.33 bits per heavy atom. The summed E-state index contributed by atoms with van der Waals surface area (Å²) in [6.45, 7) is 7.26. The first kappa shape index (κ1) is 23.9. The first-order valence-corrected chi connectivity index (χ1v) is 9.83. The van der Waals surface area contributed by atoms with E-state index in [0.29, 0.717) is 18.9 Å². The molecule has 5 nitrogen and oxygen atoms in total. The summed E-state index contributed by atoms with van der Waals surface area (Å²) in [4.78, 5) is 16.7. The lowest BCUT2D eigenvalue weighted by molar-refractivity contribution is -0.136. The molecule has 2 unspecified atom stereocenters. The molecule has 0 bridgehead atoms. The molecule has 3 N–H and O–H groups in total. The number of carbonyl (C=O) groups is 1. The fraction of sp³-hybridized carbons (Fsp3) is 0.667. The number of hydrogen-bond acceptors (Lipinski definition) is 4. The molecule has 2 atom stereocenters. The highest BCUT2D eigenvalue weighted by atomic mass is 35.5. The molecule has 1 aromatic rings. The van der Waals surface area contributed by atoms with Gasteiger partial charge in [0.2, 0.25) is 5.91 Å². The van der Waals surface area contributed by atoms with Crippen LogP contribution in [0.3, 0.4) is 0 Å². The highest BCUT2D eigenvalue weighted by Crippen LogP contribution is 2.22. The van der Waals surface area contributed by atoms with Gasteiger partial charge in [0.05, 0.1) is 11.6 Å². The van der Waals surface area contributed by atoms with Crippen LogP contribution in [0.5, 0.6) is 0 Å². The molecule has 0 saturated carbocycles. The average Bonchev–Trinajstić information content (AvgIpc) is 2.63. The van der Waals surface area contributed by atoms with Gasteiger partial charge in [0.25, 0.3) is 0 Å². The van der Waals surface area contributed by atoms with Gasteiger partial charge >= 0.3 is 0 Å². The average molecular weight is 398 g/mol. The molecule has 1 aromatic carbocycles. The number of aliphatic hydroxyl groups excluding tert-OH is 1. The van der Waals surface area contributed by atoms with Crippen LogP contribution in [0.1, 0.15) is 51.2 Å². The van der Waals surface area contributed by atoms with E-state index < -0.39 is 11.6 Å². The van der Waals surface area contributed by atoms with Gasteiger partial charge in [-0.15, -0.1) is 12.4 Å². The zero-order valence-electron chi connectivity index (χ0n) is 16.9. The minimum atomic E-state index is -0.760. The summed E-state index contributed by atoms with van der Waals surface area (Å²) in [6, 6.07) is 9.82. The van der Waals surface area contributed by atoms with Crippen LogP contribution >= 0.6 is 12.4 Å². The van der Waals surface area contributed by atoms with Crippen LogP contribution in [0.2, 0.25) is 0 Å². The Labute approximate surface area is 170 Å². The number of likely N-dealkylation sites (N-methyl/N-ethyl adjacent to an activating group) is 1. The van der Waals surface area contributed by atoms with Crippen molar-refractivity contribution in [3.63, 3.8) is 0 Å². The van der Waals surface area contributed by atoms with Gasteiger partial charge in [0.1, 0.15) is 0 Å². The van der Waals surface area contributed by atoms with E-state index in [4.69, 9.17) is 5.73 Å². The van der Waals surface area contributed by atoms with Crippen molar-refractivity contribution in [3.05, 3.63) is 35.9 Å². The van der Waals surface area contributed by atoms with E-state index in [2.05, 4.69) is 11.8 Å². The lowest BCUT2D eigenvalue weighted by atomic mass is 9.93. The largest absolute Gasteiger partial charge is 0.387 e. The Morgan fingerprint density at radius 2 is 1.93 bits per heavy atom. The molecular weight excluding hydrogens is 362 g/mol. The first-order chi connectivity index (χ1) is 12.3. The first-order valence-electron chi connectivity index (χ1n) is 9.83. The maximum Gasteiger partial charge on any atom is 0.242 e. The summed E-state index contributed by atoms with van der Waals surface area (Å²) in [5.41, 5.74) is 6.39. The number of nitrogens with zero attached hydrogens (tertiary/aromatic N) is 2. The Bertz CT molecular complexity index is 560. The van der Waals surface area contributed by atoms with Crippen molar-refractivity contribution in [2.75, 3.05) is 33.2 Å². The second-order valence-electron chi connectivity index (χ2n) is 8.02. The summed E-state index contributed by atoms with van der Waals surface area (Å²) < 4.78 is 0. The van der Waals surface area contributed by atoms with Crippen molar-refractivity contribution in [2.45, 2.75) is 51.2 Å². The standard InChI is InChI=1S/C21H35N3O2.ClH/c1-4-12-21(2,22)20(26)23(3)15-17-10-13-24(14-11-17)16-19(25)18-8-6-5-7-9-18;/h5-9,17,19,25H,4,10-16,22H2,1-3H3;1H. The topological polar surface area (TPSA) is 69.8 Å². The summed E-state index contributed by atoms with van der Waals surface area (Å²) >= 11 is 0. The van der Waals surface area contributed by atoms with Crippen LogP contribution in [-0.4, -0.2) is 59.6 Å².